The average Bonchev–Trinajstić information content (AvgIpc) is 2.60. The van der Waals surface area contributed by atoms with E-state index < -0.39 is 28.3 Å². The third-order valence-corrected chi connectivity index (χ3v) is 3.86. The normalized spacial score (nSPS) is 15.3. The van der Waals surface area contributed by atoms with E-state index in [9.17, 15) is 17.6 Å². The number of carbonyl (C=O) groups is 1. The standard InChI is InChI=1S/C9H12FNO4S2/c1-5(10)9(15-6(2)12)7-3-16-4-8(7)17(11,13)14/h3-5,9H,1-2H3,(H2,11,13,14). The SMILES string of the molecule is CC(=O)OC(c1cscc1S(N)(=O)=O)C(C)F. The quantitative estimate of drug-likeness (QED) is 0.844. The molecule has 0 fully saturated rings. The van der Waals surface area contributed by atoms with E-state index in [1.807, 2.05) is 0 Å². The second kappa shape index (κ2) is 5.11. The van der Waals surface area contributed by atoms with Gasteiger partial charge in [0.1, 0.15) is 6.17 Å². The van der Waals surface area contributed by atoms with Crippen molar-refractivity contribution in [3.63, 3.8) is 0 Å². The van der Waals surface area contributed by atoms with Gasteiger partial charge in [-0.3, -0.25) is 4.79 Å². The Balaban J connectivity index is 3.20. The molecule has 2 N–H and O–H groups in total. The maximum atomic E-state index is 13.3. The number of primary sulfonamides is 1. The number of halogens is 1. The van der Waals surface area contributed by atoms with E-state index in [1.54, 1.807) is 0 Å². The third kappa shape index (κ3) is 3.48. The van der Waals surface area contributed by atoms with Crippen LogP contribution in [0.25, 0.3) is 0 Å². The molecule has 2 atom stereocenters. The molecule has 5 nitrogen and oxygen atoms in total. The highest BCUT2D eigenvalue weighted by Crippen LogP contribution is 2.31. The summed E-state index contributed by atoms with van der Waals surface area (Å²) in [6.45, 7) is 2.30. The molecule has 1 heterocycles. The van der Waals surface area contributed by atoms with Crippen LogP contribution in [0.4, 0.5) is 4.39 Å². The van der Waals surface area contributed by atoms with E-state index in [-0.39, 0.29) is 10.5 Å². The highest BCUT2D eigenvalue weighted by molar-refractivity contribution is 7.89. The number of ether oxygens (including phenoxy) is 1. The Morgan fingerprint density at radius 2 is 2.12 bits per heavy atom. The first-order valence-electron chi connectivity index (χ1n) is 4.63. The number of nitrogens with two attached hydrogens (primary N) is 1. The molecule has 0 saturated heterocycles. The molecule has 0 saturated carbocycles. The maximum Gasteiger partial charge on any atom is 0.303 e. The average molecular weight is 281 g/mol. The lowest BCUT2D eigenvalue weighted by Gasteiger charge is -2.18. The van der Waals surface area contributed by atoms with Crippen LogP contribution in [0.2, 0.25) is 0 Å². The molecular weight excluding hydrogens is 269 g/mol. The van der Waals surface area contributed by atoms with Crippen LogP contribution >= 0.6 is 11.3 Å². The number of esters is 1. The topological polar surface area (TPSA) is 86.5 Å². The number of rotatable bonds is 4. The summed E-state index contributed by atoms with van der Waals surface area (Å²) in [6, 6.07) is 0. The molecule has 0 aliphatic carbocycles. The van der Waals surface area contributed by atoms with Gasteiger partial charge in [0.05, 0.1) is 4.90 Å². The van der Waals surface area contributed by atoms with Crippen molar-refractivity contribution in [2.24, 2.45) is 5.14 Å². The van der Waals surface area contributed by atoms with Crippen molar-refractivity contribution >= 4 is 27.3 Å². The lowest BCUT2D eigenvalue weighted by Crippen LogP contribution is -2.21. The van der Waals surface area contributed by atoms with E-state index in [1.165, 1.54) is 17.7 Å². The van der Waals surface area contributed by atoms with Crippen LogP contribution in [0.1, 0.15) is 25.5 Å². The van der Waals surface area contributed by atoms with Gasteiger partial charge in [-0.15, -0.1) is 0 Å². The zero-order valence-electron chi connectivity index (χ0n) is 9.21. The van der Waals surface area contributed by atoms with Crippen molar-refractivity contribution in [2.45, 2.75) is 31.0 Å². The second-order valence-electron chi connectivity index (χ2n) is 3.44. The summed E-state index contributed by atoms with van der Waals surface area (Å²) in [6.07, 6.45) is -2.79. The largest absolute Gasteiger partial charge is 0.454 e. The van der Waals surface area contributed by atoms with Crippen LogP contribution in [0.15, 0.2) is 15.7 Å². The van der Waals surface area contributed by atoms with Crippen molar-refractivity contribution in [1.29, 1.82) is 0 Å². The Morgan fingerprint density at radius 1 is 1.53 bits per heavy atom. The monoisotopic (exact) mass is 281 g/mol. The summed E-state index contributed by atoms with van der Waals surface area (Å²) in [4.78, 5) is 10.6. The molecule has 96 valence electrons. The summed E-state index contributed by atoms with van der Waals surface area (Å²) in [5.41, 5.74) is 0.0719. The lowest BCUT2D eigenvalue weighted by atomic mass is 10.1. The summed E-state index contributed by atoms with van der Waals surface area (Å²) in [5, 5.41) is 7.67. The van der Waals surface area contributed by atoms with Gasteiger partial charge in [0.15, 0.2) is 6.10 Å². The highest BCUT2D eigenvalue weighted by Gasteiger charge is 2.28. The number of hydrogen-bond donors (Lipinski definition) is 1. The van der Waals surface area contributed by atoms with Crippen molar-refractivity contribution in [3.05, 3.63) is 16.3 Å². The van der Waals surface area contributed by atoms with Gasteiger partial charge in [-0.1, -0.05) is 0 Å². The Hall–Kier alpha value is -0.990. The van der Waals surface area contributed by atoms with E-state index in [0.717, 1.165) is 18.3 Å². The van der Waals surface area contributed by atoms with Crippen molar-refractivity contribution in [1.82, 2.24) is 0 Å². The van der Waals surface area contributed by atoms with E-state index >= 15 is 0 Å². The van der Waals surface area contributed by atoms with Crippen LogP contribution in [0.5, 0.6) is 0 Å². The Labute approximate surface area is 102 Å². The fourth-order valence-corrected chi connectivity index (χ4v) is 3.33. The van der Waals surface area contributed by atoms with Crippen LogP contribution in [-0.2, 0) is 19.6 Å². The molecule has 1 aromatic heterocycles. The molecule has 0 amide bonds. The maximum absolute atomic E-state index is 13.3. The minimum absolute atomic E-state index is 0.0719. The molecule has 0 spiro atoms. The lowest BCUT2D eigenvalue weighted by molar-refractivity contribution is -0.150. The summed E-state index contributed by atoms with van der Waals surface area (Å²) >= 11 is 1.05. The minimum Gasteiger partial charge on any atom is -0.454 e. The van der Waals surface area contributed by atoms with Crippen LogP contribution in [0.3, 0.4) is 0 Å². The molecule has 1 rings (SSSR count). The molecule has 1 aromatic rings. The van der Waals surface area contributed by atoms with Gasteiger partial charge in [0.2, 0.25) is 10.0 Å². The predicted molar refractivity (Wildman–Crippen MR) is 60.8 cm³/mol. The Morgan fingerprint density at radius 3 is 2.53 bits per heavy atom. The smallest absolute Gasteiger partial charge is 0.303 e. The van der Waals surface area contributed by atoms with Gasteiger partial charge in [-0.25, -0.2) is 17.9 Å². The Kier molecular flexibility index (Phi) is 4.23. The zero-order valence-corrected chi connectivity index (χ0v) is 10.8. The number of carbonyl (C=O) groups excluding carboxylic acids is 1. The summed E-state index contributed by atoms with van der Waals surface area (Å²) in [5.74, 6) is -0.689. The molecule has 0 aliphatic heterocycles. The Bertz CT molecular complexity index is 509. The highest BCUT2D eigenvalue weighted by atomic mass is 32.2. The number of sulfonamides is 1. The van der Waals surface area contributed by atoms with Gasteiger partial charge >= 0.3 is 5.97 Å². The number of thiophene rings is 1. The molecule has 0 bridgehead atoms. The van der Waals surface area contributed by atoms with Crippen molar-refractivity contribution < 1.29 is 22.3 Å². The van der Waals surface area contributed by atoms with Crippen LogP contribution in [0, 0.1) is 0 Å². The minimum atomic E-state index is -3.95. The van der Waals surface area contributed by atoms with Crippen molar-refractivity contribution in [3.8, 4) is 0 Å². The van der Waals surface area contributed by atoms with E-state index in [0.29, 0.717) is 0 Å². The first kappa shape index (κ1) is 14.1. The van der Waals surface area contributed by atoms with Gasteiger partial charge in [-0.05, 0) is 12.3 Å². The van der Waals surface area contributed by atoms with E-state index in [4.69, 9.17) is 9.88 Å². The number of hydrogen-bond acceptors (Lipinski definition) is 5. The molecule has 17 heavy (non-hydrogen) atoms. The third-order valence-electron chi connectivity index (χ3n) is 1.98. The van der Waals surface area contributed by atoms with Gasteiger partial charge in [-0.2, -0.15) is 11.3 Å². The molecule has 0 aliphatic rings. The van der Waals surface area contributed by atoms with Gasteiger partial charge < -0.3 is 4.74 Å². The summed E-state index contributed by atoms with van der Waals surface area (Å²) < 4.78 is 40.6. The van der Waals surface area contributed by atoms with Crippen LogP contribution < -0.4 is 5.14 Å². The fraction of sp³-hybridized carbons (Fsp3) is 0.444. The molecular formula is C9H12FNO4S2. The molecule has 0 aromatic carbocycles. The van der Waals surface area contributed by atoms with Gasteiger partial charge in [0.25, 0.3) is 0 Å². The number of alkyl halides is 1. The van der Waals surface area contributed by atoms with Crippen molar-refractivity contribution in [2.75, 3.05) is 0 Å². The first-order valence-corrected chi connectivity index (χ1v) is 7.12. The molecule has 2 unspecified atom stereocenters. The van der Waals surface area contributed by atoms with Gasteiger partial charge in [0, 0.05) is 17.9 Å². The fourth-order valence-electron chi connectivity index (χ4n) is 1.32. The first-order chi connectivity index (χ1) is 7.73. The zero-order chi connectivity index (χ0) is 13.2. The van der Waals surface area contributed by atoms with E-state index in [2.05, 4.69) is 0 Å². The molecule has 0 radical (unpaired) electrons. The second-order valence-corrected chi connectivity index (χ2v) is 5.72. The predicted octanol–water partition coefficient (Wildman–Crippen LogP) is 1.36. The van der Waals surface area contributed by atoms with Crippen LogP contribution in [-0.4, -0.2) is 20.6 Å². The molecule has 8 heteroatoms. The summed E-state index contributed by atoms with van der Waals surface area (Å²) in [7, 11) is -3.95.